The van der Waals surface area contributed by atoms with Crippen molar-refractivity contribution >= 4 is 34.2 Å². The van der Waals surface area contributed by atoms with Crippen LogP contribution in [0.5, 0.6) is 0 Å². The molecular formula is C12H15F3S2. The first-order valence-corrected chi connectivity index (χ1v) is 6.56. The summed E-state index contributed by atoms with van der Waals surface area (Å²) in [7, 11) is 0. The van der Waals surface area contributed by atoms with Crippen LogP contribution in [0.4, 0.5) is 13.2 Å². The van der Waals surface area contributed by atoms with Crippen molar-refractivity contribution in [3.05, 3.63) is 0 Å². The highest BCUT2D eigenvalue weighted by molar-refractivity contribution is 7.81. The zero-order chi connectivity index (χ0) is 13.1. The number of hydrogen-bond donors (Lipinski definition) is 0. The Bertz CT molecular complexity index is 384. The molecule has 0 nitrogen and oxygen atoms in total. The van der Waals surface area contributed by atoms with Crippen molar-refractivity contribution in [1.82, 2.24) is 0 Å². The Hall–Kier alpha value is -0.0300. The van der Waals surface area contributed by atoms with Gasteiger partial charge in [0.1, 0.15) is 0 Å². The molecule has 0 aromatic heterocycles. The van der Waals surface area contributed by atoms with Gasteiger partial charge in [0.2, 0.25) is 0 Å². The normalized spacial score (nSPS) is 35.4. The maximum Gasteiger partial charge on any atom is 0.422 e. The first kappa shape index (κ1) is 13.4. The molecule has 0 spiro atoms. The second-order valence-electron chi connectivity index (χ2n) is 5.76. The quantitative estimate of drug-likeness (QED) is 0.683. The molecule has 0 amide bonds. The molecule has 2 rings (SSSR count). The Labute approximate surface area is 110 Å². The summed E-state index contributed by atoms with van der Waals surface area (Å²) in [5.41, 5.74) is -0.626. The second kappa shape index (κ2) is 3.73. The summed E-state index contributed by atoms with van der Waals surface area (Å²) in [5, 5.41) is 0. The van der Waals surface area contributed by atoms with E-state index in [0.29, 0.717) is 5.92 Å². The fraction of sp³-hybridized carbons (Fsp3) is 0.833. The lowest BCUT2D eigenvalue weighted by atomic mass is 9.66. The van der Waals surface area contributed by atoms with Crippen molar-refractivity contribution in [3.8, 4) is 0 Å². The number of thiocarbonyl (C=S) groups is 2. The SMILES string of the molecule is CC1(C)C2CCC1(CC(=S)C(F)(F)F)C(=S)C2. The van der Waals surface area contributed by atoms with Crippen molar-refractivity contribution in [1.29, 1.82) is 0 Å². The van der Waals surface area contributed by atoms with E-state index in [1.807, 2.05) is 13.8 Å². The first-order valence-electron chi connectivity index (χ1n) is 5.74. The minimum absolute atomic E-state index is 0.0891. The topological polar surface area (TPSA) is 0 Å². The molecule has 0 radical (unpaired) electrons. The standard InChI is InChI=1S/C12H15F3S2/c1-10(2)7-3-4-11(10,8(16)5-7)6-9(17)12(13,14)15/h7H,3-6H2,1-2H3. The Balaban J connectivity index is 2.30. The van der Waals surface area contributed by atoms with Gasteiger partial charge in [-0.1, -0.05) is 38.3 Å². The molecule has 17 heavy (non-hydrogen) atoms. The second-order valence-corrected chi connectivity index (χ2v) is 6.75. The molecule has 2 bridgehead atoms. The number of halogens is 3. The monoisotopic (exact) mass is 280 g/mol. The maximum atomic E-state index is 12.6. The molecule has 0 aromatic carbocycles. The van der Waals surface area contributed by atoms with Gasteiger partial charge in [-0.05, 0) is 37.0 Å². The van der Waals surface area contributed by atoms with E-state index < -0.39 is 16.5 Å². The van der Waals surface area contributed by atoms with Gasteiger partial charge in [-0.2, -0.15) is 13.2 Å². The van der Waals surface area contributed by atoms with Gasteiger partial charge in [0.15, 0.2) is 0 Å². The third-order valence-corrected chi connectivity index (χ3v) is 5.85. The fourth-order valence-corrected chi connectivity index (χ4v) is 4.44. The summed E-state index contributed by atoms with van der Waals surface area (Å²) < 4.78 is 37.9. The summed E-state index contributed by atoms with van der Waals surface area (Å²) in [6, 6.07) is 0. The molecule has 2 aliphatic carbocycles. The third-order valence-electron chi connectivity index (χ3n) is 4.92. The van der Waals surface area contributed by atoms with Crippen LogP contribution in [0.25, 0.3) is 0 Å². The zero-order valence-corrected chi connectivity index (χ0v) is 11.5. The van der Waals surface area contributed by atoms with Crippen molar-refractivity contribution < 1.29 is 13.2 Å². The van der Waals surface area contributed by atoms with Crippen molar-refractivity contribution in [2.75, 3.05) is 0 Å². The molecule has 0 saturated heterocycles. The predicted octanol–water partition coefficient (Wildman–Crippen LogP) is 4.50. The van der Waals surface area contributed by atoms with Crippen LogP contribution >= 0.6 is 24.4 Å². The molecule has 5 heteroatoms. The van der Waals surface area contributed by atoms with Gasteiger partial charge in [-0.25, -0.2) is 0 Å². The fourth-order valence-electron chi connectivity index (χ4n) is 3.56. The average Bonchev–Trinajstić information content (AvgIpc) is 2.49. The van der Waals surface area contributed by atoms with Crippen molar-refractivity contribution in [2.45, 2.75) is 45.7 Å². The molecule has 0 aliphatic heterocycles. The summed E-state index contributed by atoms with van der Waals surface area (Å²) in [6.45, 7) is 4.09. The molecule has 2 aliphatic rings. The van der Waals surface area contributed by atoms with Crippen LogP contribution in [0.1, 0.15) is 39.5 Å². The van der Waals surface area contributed by atoms with Crippen LogP contribution in [-0.4, -0.2) is 15.9 Å². The highest BCUT2D eigenvalue weighted by Crippen LogP contribution is 2.66. The summed E-state index contributed by atoms with van der Waals surface area (Å²) >= 11 is 9.90. The number of rotatable bonds is 2. The Kier molecular flexibility index (Phi) is 2.94. The number of fused-ring (bicyclic) bond motifs is 2. The Morgan fingerprint density at radius 3 is 2.35 bits per heavy atom. The van der Waals surface area contributed by atoms with E-state index >= 15 is 0 Å². The van der Waals surface area contributed by atoms with Gasteiger partial charge in [0.05, 0.1) is 4.86 Å². The van der Waals surface area contributed by atoms with E-state index in [2.05, 4.69) is 12.2 Å². The van der Waals surface area contributed by atoms with E-state index in [1.165, 1.54) is 0 Å². The molecule has 0 N–H and O–H groups in total. The molecule has 2 fully saturated rings. The predicted molar refractivity (Wildman–Crippen MR) is 69.4 cm³/mol. The summed E-state index contributed by atoms with van der Waals surface area (Å²) in [6.07, 6.45) is -1.92. The lowest BCUT2D eigenvalue weighted by molar-refractivity contribution is -0.0597. The van der Waals surface area contributed by atoms with E-state index in [9.17, 15) is 13.2 Å². The van der Waals surface area contributed by atoms with Crippen LogP contribution in [0.15, 0.2) is 0 Å². The van der Waals surface area contributed by atoms with Gasteiger partial charge < -0.3 is 0 Å². The highest BCUT2D eigenvalue weighted by atomic mass is 32.1. The van der Waals surface area contributed by atoms with Gasteiger partial charge in [0, 0.05) is 10.3 Å². The molecule has 2 saturated carbocycles. The van der Waals surface area contributed by atoms with Gasteiger partial charge in [0.25, 0.3) is 0 Å². The molecule has 2 unspecified atom stereocenters. The minimum atomic E-state index is -4.36. The molecule has 2 atom stereocenters. The Morgan fingerprint density at radius 2 is 2.00 bits per heavy atom. The lowest BCUT2D eigenvalue weighted by Crippen LogP contribution is -2.39. The number of alkyl halides is 3. The van der Waals surface area contributed by atoms with Crippen LogP contribution in [0.2, 0.25) is 0 Å². The van der Waals surface area contributed by atoms with Gasteiger partial charge in [-0.3, -0.25) is 0 Å². The maximum absolute atomic E-state index is 12.6. The average molecular weight is 280 g/mol. The summed E-state index contributed by atoms with van der Waals surface area (Å²) in [5.74, 6) is 0.436. The highest BCUT2D eigenvalue weighted by Gasteiger charge is 2.62. The van der Waals surface area contributed by atoms with Crippen LogP contribution in [-0.2, 0) is 0 Å². The minimum Gasteiger partial charge on any atom is -0.166 e. The van der Waals surface area contributed by atoms with Crippen LogP contribution in [0, 0.1) is 16.7 Å². The smallest absolute Gasteiger partial charge is 0.166 e. The van der Waals surface area contributed by atoms with Crippen LogP contribution in [0.3, 0.4) is 0 Å². The molecule has 0 heterocycles. The third kappa shape index (κ3) is 1.77. The van der Waals surface area contributed by atoms with Crippen molar-refractivity contribution in [3.63, 3.8) is 0 Å². The lowest BCUT2D eigenvalue weighted by Gasteiger charge is -2.38. The van der Waals surface area contributed by atoms with E-state index in [4.69, 9.17) is 12.2 Å². The van der Waals surface area contributed by atoms with E-state index in [-0.39, 0.29) is 11.8 Å². The van der Waals surface area contributed by atoms with Crippen molar-refractivity contribution in [2.24, 2.45) is 16.7 Å². The zero-order valence-electron chi connectivity index (χ0n) is 9.86. The largest absolute Gasteiger partial charge is 0.422 e. The molecular weight excluding hydrogens is 265 g/mol. The number of hydrogen-bond acceptors (Lipinski definition) is 2. The van der Waals surface area contributed by atoms with E-state index in [0.717, 1.165) is 24.1 Å². The van der Waals surface area contributed by atoms with Crippen LogP contribution < -0.4 is 0 Å². The van der Waals surface area contributed by atoms with Gasteiger partial charge in [-0.15, -0.1) is 0 Å². The first-order chi connectivity index (χ1) is 7.61. The summed E-state index contributed by atoms with van der Waals surface area (Å²) in [4.78, 5) is 0.0147. The molecule has 96 valence electrons. The van der Waals surface area contributed by atoms with E-state index in [1.54, 1.807) is 0 Å². The van der Waals surface area contributed by atoms with Gasteiger partial charge >= 0.3 is 6.18 Å². The Morgan fingerprint density at radius 1 is 1.41 bits per heavy atom. The molecule has 0 aromatic rings.